The molecule has 0 radical (unpaired) electrons. The molecule has 4 N–H and O–H groups in total. The third-order valence-electron chi connectivity index (χ3n) is 3.85. The minimum atomic E-state index is -1.89. The van der Waals surface area contributed by atoms with Crippen LogP contribution < -0.4 is 0 Å². The topological polar surface area (TPSA) is 177 Å². The number of carbonyl (C=O) groups excluding carboxylic acids is 3. The van der Waals surface area contributed by atoms with Gasteiger partial charge in [-0.15, -0.1) is 0 Å². The van der Waals surface area contributed by atoms with Gasteiger partial charge in [0.15, 0.2) is 11.5 Å². The van der Waals surface area contributed by atoms with Crippen LogP contribution in [0.1, 0.15) is 21.8 Å². The van der Waals surface area contributed by atoms with E-state index in [1.54, 1.807) is 0 Å². The van der Waals surface area contributed by atoms with E-state index in [1.165, 1.54) is 0 Å². The number of rotatable bonds is 4. The molecule has 0 spiro atoms. The summed E-state index contributed by atoms with van der Waals surface area (Å²) in [5.41, 5.74) is -1.83. The number of methoxy groups -OCH3 is 2. The molecule has 0 aromatic heterocycles. The fraction of sp³-hybridized carbons (Fsp3) is 0.250. The van der Waals surface area contributed by atoms with E-state index in [0.717, 1.165) is 20.3 Å². The van der Waals surface area contributed by atoms with E-state index in [4.69, 9.17) is 4.74 Å². The number of carboxylic acids is 1. The number of hydrogen-bond donors (Lipinski definition) is 4. The van der Waals surface area contributed by atoms with Gasteiger partial charge in [-0.1, -0.05) is 0 Å². The second-order valence-electron chi connectivity index (χ2n) is 5.31. The minimum absolute atomic E-state index is 0.509. The van der Waals surface area contributed by atoms with Crippen LogP contribution in [0.5, 0.6) is 17.2 Å². The van der Waals surface area contributed by atoms with E-state index in [2.05, 4.69) is 9.47 Å². The minimum Gasteiger partial charge on any atom is -0.504 e. The molecule has 144 valence electrons. The largest absolute Gasteiger partial charge is 0.504 e. The Labute approximate surface area is 151 Å². The first-order valence-corrected chi connectivity index (χ1v) is 7.23. The van der Waals surface area contributed by atoms with Crippen molar-refractivity contribution < 1.29 is 53.8 Å². The first-order chi connectivity index (χ1) is 12.6. The van der Waals surface area contributed by atoms with Gasteiger partial charge in [0.25, 0.3) is 0 Å². The molecule has 2 atom stereocenters. The van der Waals surface area contributed by atoms with E-state index in [-0.39, 0.29) is 0 Å². The van der Waals surface area contributed by atoms with Gasteiger partial charge in [-0.2, -0.15) is 0 Å². The van der Waals surface area contributed by atoms with Gasteiger partial charge in [-0.05, 0) is 6.07 Å². The fourth-order valence-electron chi connectivity index (χ4n) is 2.63. The molecule has 0 bridgehead atoms. The van der Waals surface area contributed by atoms with Crippen molar-refractivity contribution in [2.24, 2.45) is 0 Å². The summed E-state index contributed by atoms with van der Waals surface area (Å²) in [4.78, 5) is 47.5. The SMILES string of the molecule is COC(=O)/C=C(\C(=O)O)[C@H]1c2c(cc(O)c(O)c2O)C(=O)O[C@@H]1C(=O)OC. The number of phenolic OH excluding ortho intramolecular Hbond substituents is 3. The Morgan fingerprint density at radius 2 is 1.74 bits per heavy atom. The van der Waals surface area contributed by atoms with Crippen molar-refractivity contribution in [3.8, 4) is 17.2 Å². The summed E-state index contributed by atoms with van der Waals surface area (Å²) < 4.78 is 13.8. The Morgan fingerprint density at radius 1 is 1.11 bits per heavy atom. The summed E-state index contributed by atoms with van der Waals surface area (Å²) >= 11 is 0. The van der Waals surface area contributed by atoms with Crippen molar-refractivity contribution in [1.82, 2.24) is 0 Å². The summed E-state index contributed by atoms with van der Waals surface area (Å²) in [6.07, 6.45) is -1.37. The van der Waals surface area contributed by atoms with Crippen LogP contribution in [0.3, 0.4) is 0 Å². The molecule has 1 aromatic carbocycles. The number of carbonyl (C=O) groups is 4. The molecule has 0 aliphatic carbocycles. The van der Waals surface area contributed by atoms with Gasteiger partial charge < -0.3 is 34.6 Å². The van der Waals surface area contributed by atoms with Crippen LogP contribution >= 0.6 is 0 Å². The average Bonchev–Trinajstić information content (AvgIpc) is 2.63. The van der Waals surface area contributed by atoms with Crippen molar-refractivity contribution in [2.75, 3.05) is 14.2 Å². The molecule has 0 saturated carbocycles. The number of cyclic esters (lactones) is 1. The van der Waals surface area contributed by atoms with Crippen molar-refractivity contribution >= 4 is 23.9 Å². The van der Waals surface area contributed by atoms with Crippen LogP contribution in [0.25, 0.3) is 0 Å². The van der Waals surface area contributed by atoms with Gasteiger partial charge in [0.1, 0.15) is 0 Å². The van der Waals surface area contributed by atoms with Crippen LogP contribution in [-0.4, -0.2) is 64.6 Å². The lowest BCUT2D eigenvalue weighted by Crippen LogP contribution is -2.41. The molecule has 27 heavy (non-hydrogen) atoms. The molecule has 1 aliphatic rings. The smallest absolute Gasteiger partial charge is 0.348 e. The molecule has 11 nitrogen and oxygen atoms in total. The fourth-order valence-corrected chi connectivity index (χ4v) is 2.63. The van der Waals surface area contributed by atoms with Crippen molar-refractivity contribution in [3.63, 3.8) is 0 Å². The van der Waals surface area contributed by atoms with Crippen molar-refractivity contribution in [1.29, 1.82) is 0 Å². The molecular weight excluding hydrogens is 368 g/mol. The van der Waals surface area contributed by atoms with Crippen LogP contribution in [0, 0.1) is 0 Å². The molecule has 1 heterocycles. The van der Waals surface area contributed by atoms with Gasteiger partial charge >= 0.3 is 23.9 Å². The zero-order valence-corrected chi connectivity index (χ0v) is 14.0. The number of phenols is 3. The Hall–Kier alpha value is -3.76. The lowest BCUT2D eigenvalue weighted by molar-refractivity contribution is -0.152. The van der Waals surface area contributed by atoms with Gasteiger partial charge in [-0.25, -0.2) is 19.2 Å². The molecule has 0 amide bonds. The van der Waals surface area contributed by atoms with Gasteiger partial charge in [-0.3, -0.25) is 0 Å². The van der Waals surface area contributed by atoms with Crippen LogP contribution in [0.4, 0.5) is 0 Å². The number of aromatic hydroxyl groups is 3. The van der Waals surface area contributed by atoms with Crippen molar-refractivity contribution in [2.45, 2.75) is 12.0 Å². The Bertz CT molecular complexity index is 868. The first kappa shape index (κ1) is 19.6. The average molecular weight is 382 g/mol. The second kappa shape index (κ2) is 7.23. The number of aliphatic carboxylic acids is 1. The molecule has 2 rings (SSSR count). The maximum Gasteiger partial charge on any atom is 0.348 e. The molecule has 1 aromatic rings. The van der Waals surface area contributed by atoms with E-state index in [9.17, 15) is 39.6 Å². The second-order valence-corrected chi connectivity index (χ2v) is 5.31. The van der Waals surface area contributed by atoms with Crippen LogP contribution in [-0.2, 0) is 28.6 Å². The zero-order valence-electron chi connectivity index (χ0n) is 14.0. The highest BCUT2D eigenvalue weighted by Gasteiger charge is 2.47. The van der Waals surface area contributed by atoms with Gasteiger partial charge in [0, 0.05) is 11.6 Å². The van der Waals surface area contributed by atoms with Gasteiger partial charge in [0.2, 0.25) is 11.9 Å². The number of fused-ring (bicyclic) bond motifs is 1. The maximum atomic E-state index is 12.2. The number of hydrogen-bond acceptors (Lipinski definition) is 10. The van der Waals surface area contributed by atoms with Crippen LogP contribution in [0.2, 0.25) is 0 Å². The van der Waals surface area contributed by atoms with E-state index in [1.807, 2.05) is 0 Å². The first-order valence-electron chi connectivity index (χ1n) is 7.23. The molecule has 1 aliphatic heterocycles. The normalized spacial score (nSPS) is 18.9. The number of benzene rings is 1. The predicted molar refractivity (Wildman–Crippen MR) is 83.1 cm³/mol. The molecule has 0 saturated heterocycles. The summed E-state index contributed by atoms with van der Waals surface area (Å²) in [5, 5.41) is 39.1. The lowest BCUT2D eigenvalue weighted by Gasteiger charge is -2.32. The summed E-state index contributed by atoms with van der Waals surface area (Å²) in [6, 6.07) is 0.727. The number of ether oxygens (including phenoxy) is 3. The number of esters is 3. The Morgan fingerprint density at radius 3 is 2.26 bits per heavy atom. The summed E-state index contributed by atoms with van der Waals surface area (Å²) in [7, 11) is 1.92. The quantitative estimate of drug-likeness (QED) is 0.234. The Kier molecular flexibility index (Phi) is 5.24. The predicted octanol–water partition coefficient (Wildman–Crippen LogP) is -0.217. The van der Waals surface area contributed by atoms with E-state index >= 15 is 0 Å². The highest BCUT2D eigenvalue weighted by atomic mass is 16.6. The summed E-state index contributed by atoms with van der Waals surface area (Å²) in [6.45, 7) is 0. The van der Waals surface area contributed by atoms with E-state index < -0.39 is 69.8 Å². The zero-order chi connectivity index (χ0) is 20.5. The highest BCUT2D eigenvalue weighted by Crippen LogP contribution is 2.49. The molecule has 0 unspecified atom stereocenters. The number of carboxylic acid groups (broad SMARTS) is 1. The van der Waals surface area contributed by atoms with E-state index in [0.29, 0.717) is 6.08 Å². The Balaban J connectivity index is 2.86. The summed E-state index contributed by atoms with van der Waals surface area (Å²) in [5.74, 6) is -9.90. The van der Waals surface area contributed by atoms with Crippen LogP contribution in [0.15, 0.2) is 17.7 Å². The maximum absolute atomic E-state index is 12.2. The third-order valence-corrected chi connectivity index (χ3v) is 3.85. The molecule has 0 fully saturated rings. The van der Waals surface area contributed by atoms with Gasteiger partial charge in [0.05, 0.1) is 31.3 Å². The third kappa shape index (κ3) is 3.34. The highest BCUT2D eigenvalue weighted by molar-refractivity contribution is 6.03. The molecular formula is C16H14O11. The standard InChI is InChI=1S/C16H14O11/c1-25-8(18)4-5(14(21)22)10-9-6(3-7(17)11(19)12(9)20)15(23)27-13(10)16(24)26-2/h3-4,10,13,17,19-20H,1-2H3,(H,21,22)/b5-4-/t10-,13-/m0/s1. The lowest BCUT2D eigenvalue weighted by atomic mass is 9.80. The molecule has 11 heteroatoms. The van der Waals surface area contributed by atoms with Crippen molar-refractivity contribution in [3.05, 3.63) is 28.8 Å². The monoisotopic (exact) mass is 382 g/mol.